The van der Waals surface area contributed by atoms with Gasteiger partial charge in [0.15, 0.2) is 0 Å². The van der Waals surface area contributed by atoms with Gasteiger partial charge in [-0.1, -0.05) is 146 Å². The molecule has 240 valence electrons. The first kappa shape index (κ1) is 29.4. The Balaban J connectivity index is 1.23. The topological polar surface area (TPSA) is 17.8 Å². The molecular formula is C49H34N2. The van der Waals surface area contributed by atoms with Crippen molar-refractivity contribution < 1.29 is 0 Å². The van der Waals surface area contributed by atoms with Crippen molar-refractivity contribution in [2.75, 3.05) is 0 Å². The maximum absolute atomic E-state index is 4.94. The normalized spacial score (nSPS) is 11.7. The smallest absolute Gasteiger partial charge is 0.114 e. The second-order valence-electron chi connectivity index (χ2n) is 13.4. The van der Waals surface area contributed by atoms with Gasteiger partial charge in [-0.3, -0.25) is 4.57 Å². The highest BCUT2D eigenvalue weighted by Crippen LogP contribution is 2.45. The lowest BCUT2D eigenvalue weighted by Crippen LogP contribution is -2.00. The first-order chi connectivity index (χ1) is 25.2. The van der Waals surface area contributed by atoms with Crippen molar-refractivity contribution in [1.82, 2.24) is 9.55 Å². The first-order valence-electron chi connectivity index (χ1n) is 17.8. The standard InChI is InChI=1S/C49H34N2/c1-2-47-50-45-18-10-11-19-46(45)51(47)38-26-22-34(23-27-38)48-41-16-8-9-17-42(41)49(44-31-35(24-29-43(44)48)32-12-4-3-5-13-32)37-25-28-40-36(30-37)21-20-33-14-6-7-15-39(33)40/h3-31H,2H2,1H3. The molecular weight excluding hydrogens is 617 g/mol. The molecule has 0 amide bonds. The molecule has 0 bridgehead atoms. The van der Waals surface area contributed by atoms with Gasteiger partial charge >= 0.3 is 0 Å². The van der Waals surface area contributed by atoms with E-state index in [1.54, 1.807) is 0 Å². The average molecular weight is 651 g/mol. The van der Waals surface area contributed by atoms with E-state index in [4.69, 9.17) is 4.98 Å². The van der Waals surface area contributed by atoms with Gasteiger partial charge in [0.05, 0.1) is 11.0 Å². The molecule has 1 aromatic heterocycles. The molecule has 0 aliphatic rings. The van der Waals surface area contributed by atoms with Crippen molar-refractivity contribution in [3.63, 3.8) is 0 Å². The molecule has 0 radical (unpaired) electrons. The Bertz CT molecular complexity index is 2930. The summed E-state index contributed by atoms with van der Waals surface area (Å²) in [6.07, 6.45) is 0.863. The summed E-state index contributed by atoms with van der Waals surface area (Å²) in [7, 11) is 0. The molecule has 0 aliphatic heterocycles. The first-order valence-corrected chi connectivity index (χ1v) is 17.8. The molecule has 0 fully saturated rings. The fraction of sp³-hybridized carbons (Fsp3) is 0.0408. The summed E-state index contributed by atoms with van der Waals surface area (Å²) in [6.45, 7) is 2.17. The third-order valence-corrected chi connectivity index (χ3v) is 10.5. The second kappa shape index (κ2) is 11.8. The predicted octanol–water partition coefficient (Wildman–Crippen LogP) is 13.2. The Morgan fingerprint density at radius 3 is 1.80 bits per heavy atom. The van der Waals surface area contributed by atoms with E-state index in [1.807, 2.05) is 0 Å². The van der Waals surface area contributed by atoms with E-state index >= 15 is 0 Å². The van der Waals surface area contributed by atoms with E-state index in [1.165, 1.54) is 76.5 Å². The zero-order valence-electron chi connectivity index (χ0n) is 28.3. The van der Waals surface area contributed by atoms with Crippen LogP contribution in [-0.2, 0) is 6.42 Å². The monoisotopic (exact) mass is 650 g/mol. The van der Waals surface area contributed by atoms with Crippen molar-refractivity contribution in [2.24, 2.45) is 0 Å². The molecule has 1 heterocycles. The van der Waals surface area contributed by atoms with E-state index in [9.17, 15) is 0 Å². The summed E-state index contributed by atoms with van der Waals surface area (Å²) in [4.78, 5) is 4.94. The van der Waals surface area contributed by atoms with Crippen LogP contribution >= 0.6 is 0 Å². The Kier molecular flexibility index (Phi) is 6.82. The number of hydrogen-bond acceptors (Lipinski definition) is 1. The van der Waals surface area contributed by atoms with Crippen molar-refractivity contribution >= 4 is 54.1 Å². The Labute approximate surface area is 296 Å². The molecule has 2 nitrogen and oxygen atoms in total. The number of fused-ring (bicyclic) bond motifs is 6. The number of imidazole rings is 1. The summed E-state index contributed by atoms with van der Waals surface area (Å²) < 4.78 is 2.30. The minimum Gasteiger partial charge on any atom is -0.296 e. The summed E-state index contributed by atoms with van der Waals surface area (Å²) in [5.74, 6) is 1.07. The summed E-state index contributed by atoms with van der Waals surface area (Å²) in [5.41, 5.74) is 10.7. The maximum atomic E-state index is 4.94. The molecule has 51 heavy (non-hydrogen) atoms. The van der Waals surface area contributed by atoms with Crippen LogP contribution in [0.1, 0.15) is 12.7 Å². The van der Waals surface area contributed by atoms with Gasteiger partial charge in [0.25, 0.3) is 0 Å². The Hall–Kier alpha value is -6.51. The molecule has 10 rings (SSSR count). The lowest BCUT2D eigenvalue weighted by Gasteiger charge is -2.19. The number of benzene rings is 9. The van der Waals surface area contributed by atoms with Gasteiger partial charge < -0.3 is 0 Å². The highest BCUT2D eigenvalue weighted by molar-refractivity contribution is 6.22. The van der Waals surface area contributed by atoms with Crippen molar-refractivity contribution in [2.45, 2.75) is 13.3 Å². The summed E-state index contributed by atoms with van der Waals surface area (Å²) >= 11 is 0. The quantitative estimate of drug-likeness (QED) is 0.134. The second-order valence-corrected chi connectivity index (χ2v) is 13.4. The lowest BCUT2D eigenvalue weighted by molar-refractivity contribution is 0.908. The van der Waals surface area contributed by atoms with Crippen LogP contribution in [0.3, 0.4) is 0 Å². The number of rotatable bonds is 5. The molecule has 0 saturated carbocycles. The van der Waals surface area contributed by atoms with Crippen LogP contribution in [0.15, 0.2) is 176 Å². The van der Waals surface area contributed by atoms with E-state index in [-0.39, 0.29) is 0 Å². The maximum Gasteiger partial charge on any atom is 0.114 e. The number of para-hydroxylation sites is 2. The van der Waals surface area contributed by atoms with Crippen LogP contribution in [0.5, 0.6) is 0 Å². The van der Waals surface area contributed by atoms with Crippen LogP contribution in [0, 0.1) is 0 Å². The fourth-order valence-electron chi connectivity index (χ4n) is 8.16. The van der Waals surface area contributed by atoms with E-state index in [2.05, 4.69) is 187 Å². The zero-order valence-corrected chi connectivity index (χ0v) is 28.3. The van der Waals surface area contributed by atoms with Crippen LogP contribution in [0.25, 0.3) is 93.2 Å². The van der Waals surface area contributed by atoms with Crippen molar-refractivity contribution in [3.05, 3.63) is 182 Å². The highest BCUT2D eigenvalue weighted by Gasteiger charge is 2.19. The Morgan fingerprint density at radius 1 is 0.412 bits per heavy atom. The van der Waals surface area contributed by atoms with Crippen LogP contribution in [0.2, 0.25) is 0 Å². The van der Waals surface area contributed by atoms with Gasteiger partial charge in [0.2, 0.25) is 0 Å². The van der Waals surface area contributed by atoms with E-state index < -0.39 is 0 Å². The number of aryl methyl sites for hydroxylation is 1. The summed E-state index contributed by atoms with van der Waals surface area (Å²) in [6, 6.07) is 64.4. The SMILES string of the molecule is CCc1nc2ccccc2n1-c1ccc(-c2c3ccccc3c(-c3ccc4c(ccc5ccccc54)c3)c3cc(-c4ccccc4)ccc23)cc1. The van der Waals surface area contributed by atoms with Gasteiger partial charge in [-0.25, -0.2) is 4.98 Å². The molecule has 0 unspecified atom stereocenters. The molecule has 0 spiro atoms. The number of aromatic nitrogens is 2. The van der Waals surface area contributed by atoms with Crippen molar-refractivity contribution in [1.29, 1.82) is 0 Å². The minimum absolute atomic E-state index is 0.863. The molecule has 2 heteroatoms. The highest BCUT2D eigenvalue weighted by atomic mass is 15.1. The number of nitrogens with zero attached hydrogens (tertiary/aromatic N) is 2. The molecule has 0 N–H and O–H groups in total. The average Bonchev–Trinajstić information content (AvgIpc) is 3.59. The third-order valence-electron chi connectivity index (χ3n) is 10.5. The third kappa shape index (κ3) is 4.75. The molecule has 0 saturated heterocycles. The van der Waals surface area contributed by atoms with E-state index in [0.717, 1.165) is 29.0 Å². The van der Waals surface area contributed by atoms with Gasteiger partial charge in [-0.05, 0) is 113 Å². The minimum atomic E-state index is 0.863. The molecule has 10 aromatic rings. The van der Waals surface area contributed by atoms with Crippen LogP contribution in [0.4, 0.5) is 0 Å². The molecule has 9 aromatic carbocycles. The fourth-order valence-corrected chi connectivity index (χ4v) is 8.16. The Morgan fingerprint density at radius 2 is 1.00 bits per heavy atom. The van der Waals surface area contributed by atoms with Gasteiger partial charge in [0, 0.05) is 12.1 Å². The predicted molar refractivity (Wildman–Crippen MR) is 217 cm³/mol. The van der Waals surface area contributed by atoms with Gasteiger partial charge in [0.1, 0.15) is 5.82 Å². The zero-order chi connectivity index (χ0) is 33.9. The molecule has 0 aliphatic carbocycles. The molecule has 0 atom stereocenters. The van der Waals surface area contributed by atoms with E-state index in [0.29, 0.717) is 0 Å². The lowest BCUT2D eigenvalue weighted by atomic mass is 9.84. The van der Waals surface area contributed by atoms with Crippen molar-refractivity contribution in [3.8, 4) is 39.1 Å². The summed E-state index contributed by atoms with van der Waals surface area (Å²) in [5, 5.41) is 10.1. The largest absolute Gasteiger partial charge is 0.296 e. The van der Waals surface area contributed by atoms with Crippen LogP contribution in [-0.4, -0.2) is 9.55 Å². The van der Waals surface area contributed by atoms with Gasteiger partial charge in [-0.15, -0.1) is 0 Å². The number of hydrogen-bond donors (Lipinski definition) is 0. The van der Waals surface area contributed by atoms with Crippen LogP contribution < -0.4 is 0 Å². The van der Waals surface area contributed by atoms with Gasteiger partial charge in [-0.2, -0.15) is 0 Å².